The highest BCUT2D eigenvalue weighted by Gasteiger charge is 2.30. The largest absolute Gasteiger partial charge is 0.444 e. The highest BCUT2D eigenvalue weighted by atomic mass is 16.6. The van der Waals surface area contributed by atoms with Gasteiger partial charge in [-0.1, -0.05) is 5.92 Å². The molecular formula is C13H22N2O3. The Bertz CT molecular complexity index is 317. The number of terminal acetylenes is 1. The van der Waals surface area contributed by atoms with Crippen LogP contribution in [0, 0.1) is 12.3 Å². The summed E-state index contributed by atoms with van der Waals surface area (Å²) in [7, 11) is 0. The molecule has 102 valence electrons. The van der Waals surface area contributed by atoms with Gasteiger partial charge in [0.25, 0.3) is 0 Å². The number of ether oxygens (including phenoxy) is 2. The Morgan fingerprint density at radius 1 is 1.61 bits per heavy atom. The van der Waals surface area contributed by atoms with Gasteiger partial charge in [0.05, 0.1) is 25.8 Å². The van der Waals surface area contributed by atoms with Crippen LogP contribution in [-0.4, -0.2) is 55.5 Å². The van der Waals surface area contributed by atoms with Gasteiger partial charge in [0.2, 0.25) is 0 Å². The van der Waals surface area contributed by atoms with Gasteiger partial charge in [0.1, 0.15) is 5.60 Å². The maximum Gasteiger partial charge on any atom is 0.410 e. The maximum atomic E-state index is 12.0. The van der Waals surface area contributed by atoms with Crippen molar-refractivity contribution < 1.29 is 14.3 Å². The van der Waals surface area contributed by atoms with Crippen LogP contribution in [0.1, 0.15) is 20.8 Å². The second-order valence-electron chi connectivity index (χ2n) is 5.24. The molecular weight excluding hydrogens is 232 g/mol. The number of hydrogen-bond acceptors (Lipinski definition) is 4. The molecule has 1 aliphatic rings. The fraction of sp³-hybridized carbons (Fsp3) is 0.769. The fourth-order valence-corrected chi connectivity index (χ4v) is 1.70. The molecule has 1 unspecified atom stereocenters. The molecule has 0 radical (unpaired) electrons. The highest BCUT2D eigenvalue weighted by Crippen LogP contribution is 2.14. The van der Waals surface area contributed by atoms with E-state index in [1.165, 1.54) is 0 Å². The minimum absolute atomic E-state index is 0.0260. The standard InChI is InChI=1S/C13H22N2O3/c1-5-6-14-9-11-10-17-8-7-15(11)12(16)18-13(2,3)4/h1,11,14H,6-10H2,2-4H3. The van der Waals surface area contributed by atoms with Gasteiger partial charge in [-0.05, 0) is 20.8 Å². The molecule has 1 fully saturated rings. The van der Waals surface area contributed by atoms with Crippen LogP contribution in [0.15, 0.2) is 0 Å². The van der Waals surface area contributed by atoms with Crippen molar-refractivity contribution in [3.8, 4) is 12.3 Å². The molecule has 0 bridgehead atoms. The molecule has 1 heterocycles. The summed E-state index contributed by atoms with van der Waals surface area (Å²) in [5.41, 5.74) is -0.480. The third-order valence-corrected chi connectivity index (χ3v) is 2.46. The van der Waals surface area contributed by atoms with E-state index in [0.717, 1.165) is 0 Å². The number of nitrogens with one attached hydrogen (secondary N) is 1. The predicted octanol–water partition coefficient (Wildman–Crippen LogP) is 0.845. The van der Waals surface area contributed by atoms with Gasteiger partial charge < -0.3 is 14.8 Å². The third-order valence-electron chi connectivity index (χ3n) is 2.46. The van der Waals surface area contributed by atoms with E-state index >= 15 is 0 Å². The Hall–Kier alpha value is -1.25. The predicted molar refractivity (Wildman–Crippen MR) is 69.2 cm³/mol. The molecule has 1 atom stereocenters. The monoisotopic (exact) mass is 254 g/mol. The van der Waals surface area contributed by atoms with Crippen molar-refractivity contribution >= 4 is 6.09 Å². The van der Waals surface area contributed by atoms with Crippen molar-refractivity contribution in [3.63, 3.8) is 0 Å². The summed E-state index contributed by atoms with van der Waals surface area (Å²) in [6, 6.07) is -0.0260. The summed E-state index contributed by atoms with van der Waals surface area (Å²) < 4.78 is 10.8. The summed E-state index contributed by atoms with van der Waals surface area (Å²) in [5.74, 6) is 2.50. The van der Waals surface area contributed by atoms with Gasteiger partial charge in [-0.3, -0.25) is 4.90 Å². The topological polar surface area (TPSA) is 50.8 Å². The molecule has 1 rings (SSSR count). The lowest BCUT2D eigenvalue weighted by Gasteiger charge is -2.36. The zero-order valence-electron chi connectivity index (χ0n) is 11.4. The minimum atomic E-state index is -0.480. The second-order valence-corrected chi connectivity index (χ2v) is 5.24. The van der Waals surface area contributed by atoms with E-state index in [1.54, 1.807) is 4.90 Å². The number of carbonyl (C=O) groups is 1. The molecule has 1 aliphatic heterocycles. The van der Waals surface area contributed by atoms with Crippen molar-refractivity contribution in [2.45, 2.75) is 32.4 Å². The molecule has 0 saturated carbocycles. The molecule has 1 saturated heterocycles. The lowest BCUT2D eigenvalue weighted by atomic mass is 10.2. The van der Waals surface area contributed by atoms with Gasteiger partial charge in [0, 0.05) is 13.1 Å². The van der Waals surface area contributed by atoms with Crippen LogP contribution in [0.2, 0.25) is 0 Å². The van der Waals surface area contributed by atoms with Gasteiger partial charge in [-0.25, -0.2) is 4.79 Å². The van der Waals surface area contributed by atoms with Gasteiger partial charge in [-0.2, -0.15) is 0 Å². The average Bonchev–Trinajstić information content (AvgIpc) is 2.27. The Kier molecular flexibility index (Phi) is 5.45. The molecule has 5 nitrogen and oxygen atoms in total. The van der Waals surface area contributed by atoms with Crippen LogP contribution in [0.4, 0.5) is 4.79 Å². The maximum absolute atomic E-state index is 12.0. The van der Waals surface area contributed by atoms with E-state index in [-0.39, 0.29) is 12.1 Å². The van der Waals surface area contributed by atoms with Crippen LogP contribution in [-0.2, 0) is 9.47 Å². The number of amides is 1. The van der Waals surface area contributed by atoms with E-state index in [9.17, 15) is 4.79 Å². The highest BCUT2D eigenvalue weighted by molar-refractivity contribution is 5.68. The second kappa shape index (κ2) is 6.62. The molecule has 5 heteroatoms. The lowest BCUT2D eigenvalue weighted by molar-refractivity contribution is -0.0315. The summed E-state index contributed by atoms with van der Waals surface area (Å²) in [6.07, 6.45) is 4.88. The van der Waals surface area contributed by atoms with Gasteiger partial charge in [-0.15, -0.1) is 6.42 Å². The van der Waals surface area contributed by atoms with Crippen molar-refractivity contribution in [2.75, 3.05) is 32.8 Å². The first-order valence-corrected chi connectivity index (χ1v) is 6.15. The van der Waals surface area contributed by atoms with Crippen LogP contribution in [0.25, 0.3) is 0 Å². The van der Waals surface area contributed by atoms with Crippen LogP contribution in [0.5, 0.6) is 0 Å². The van der Waals surface area contributed by atoms with Crippen molar-refractivity contribution in [2.24, 2.45) is 0 Å². The number of morpholine rings is 1. The van der Waals surface area contributed by atoms with Crippen molar-refractivity contribution in [3.05, 3.63) is 0 Å². The van der Waals surface area contributed by atoms with Crippen LogP contribution in [0.3, 0.4) is 0 Å². The first-order chi connectivity index (χ1) is 8.44. The van der Waals surface area contributed by atoms with Gasteiger partial charge in [0.15, 0.2) is 0 Å². The van der Waals surface area contributed by atoms with Crippen LogP contribution < -0.4 is 5.32 Å². The number of hydrogen-bond donors (Lipinski definition) is 1. The van der Waals surface area contributed by atoms with Crippen LogP contribution >= 0.6 is 0 Å². The van der Waals surface area contributed by atoms with Crippen molar-refractivity contribution in [1.29, 1.82) is 0 Å². The molecule has 0 aromatic rings. The summed E-state index contributed by atoms with van der Waals surface area (Å²) in [5, 5.41) is 3.09. The average molecular weight is 254 g/mol. The minimum Gasteiger partial charge on any atom is -0.444 e. The third kappa shape index (κ3) is 4.94. The molecule has 0 aromatic heterocycles. The zero-order valence-corrected chi connectivity index (χ0v) is 11.4. The SMILES string of the molecule is C#CCNCC1COCCN1C(=O)OC(C)(C)C. The normalized spacial score (nSPS) is 20.3. The Morgan fingerprint density at radius 2 is 2.33 bits per heavy atom. The molecule has 18 heavy (non-hydrogen) atoms. The van der Waals surface area contributed by atoms with E-state index in [2.05, 4.69) is 11.2 Å². The van der Waals surface area contributed by atoms with Crippen molar-refractivity contribution in [1.82, 2.24) is 10.2 Å². The first-order valence-electron chi connectivity index (χ1n) is 6.15. The molecule has 0 aromatic carbocycles. The summed E-state index contributed by atoms with van der Waals surface area (Å²) in [4.78, 5) is 13.7. The smallest absolute Gasteiger partial charge is 0.410 e. The number of carbonyl (C=O) groups excluding carboxylic acids is 1. The summed E-state index contributed by atoms with van der Waals surface area (Å²) >= 11 is 0. The van der Waals surface area contributed by atoms with Gasteiger partial charge >= 0.3 is 6.09 Å². The first kappa shape index (κ1) is 14.8. The quantitative estimate of drug-likeness (QED) is 0.599. The Labute approximate surface area is 109 Å². The lowest BCUT2D eigenvalue weighted by Crippen LogP contribution is -2.54. The number of nitrogens with zero attached hydrogens (tertiary/aromatic N) is 1. The molecule has 1 amide bonds. The molecule has 0 aliphatic carbocycles. The summed E-state index contributed by atoms with van der Waals surface area (Å²) in [6.45, 7) is 8.28. The van der Waals surface area contributed by atoms with E-state index in [0.29, 0.717) is 32.8 Å². The van der Waals surface area contributed by atoms with E-state index in [4.69, 9.17) is 15.9 Å². The van der Waals surface area contributed by atoms with E-state index < -0.39 is 5.60 Å². The van der Waals surface area contributed by atoms with E-state index in [1.807, 2.05) is 20.8 Å². The number of rotatable bonds is 3. The molecule has 1 N–H and O–H groups in total. The zero-order chi connectivity index (χ0) is 13.6. The Morgan fingerprint density at radius 3 is 2.94 bits per heavy atom. The Balaban J connectivity index is 2.53. The fourth-order valence-electron chi connectivity index (χ4n) is 1.70. The molecule has 0 spiro atoms.